The molecule has 3 rings (SSSR count). The third-order valence-electron chi connectivity index (χ3n) is 5.51. The van der Waals surface area contributed by atoms with Crippen LogP contribution in [0, 0.1) is 5.92 Å². The van der Waals surface area contributed by atoms with Crippen LogP contribution in [0.5, 0.6) is 0 Å². The van der Waals surface area contributed by atoms with E-state index in [1.807, 2.05) is 0 Å². The van der Waals surface area contributed by atoms with Gasteiger partial charge in [0.05, 0.1) is 0 Å². The first-order valence-electron chi connectivity index (χ1n) is 9.55. The number of rotatable bonds is 5. The maximum absolute atomic E-state index is 5.48. The molecule has 4 heteroatoms. The first-order chi connectivity index (χ1) is 11.7. The van der Waals surface area contributed by atoms with E-state index in [9.17, 15) is 0 Å². The summed E-state index contributed by atoms with van der Waals surface area (Å²) in [7, 11) is 0. The number of nitrogens with zero attached hydrogens (tertiary/aromatic N) is 1. The van der Waals surface area contributed by atoms with E-state index in [-0.39, 0.29) is 0 Å². The first kappa shape index (κ1) is 17.7. The van der Waals surface area contributed by atoms with Crippen molar-refractivity contribution in [1.82, 2.24) is 15.5 Å². The lowest BCUT2D eigenvalue weighted by Crippen LogP contribution is -2.45. The molecular weight excluding hydrogens is 314 g/mol. The smallest absolute Gasteiger partial charge is 0.166 e. The van der Waals surface area contributed by atoms with Gasteiger partial charge < -0.3 is 10.6 Å². The molecule has 0 radical (unpaired) electrons. The molecule has 2 aliphatic rings. The molecule has 3 nitrogen and oxygen atoms in total. The van der Waals surface area contributed by atoms with Crippen molar-refractivity contribution in [3.63, 3.8) is 0 Å². The Hall–Kier alpha value is -1.13. The van der Waals surface area contributed by atoms with E-state index < -0.39 is 0 Å². The van der Waals surface area contributed by atoms with Gasteiger partial charge in [-0.3, -0.25) is 4.90 Å². The maximum atomic E-state index is 5.48. The molecule has 1 aromatic rings. The van der Waals surface area contributed by atoms with Crippen LogP contribution in [0.3, 0.4) is 0 Å². The Labute approximate surface area is 152 Å². The summed E-state index contributed by atoms with van der Waals surface area (Å²) in [6, 6.07) is 9.51. The lowest BCUT2D eigenvalue weighted by molar-refractivity contribution is 0.308. The number of benzene rings is 1. The SMILES string of the molecule is C[C@@H]1CCCC[C@@H]1NC(=S)NCc1ccc(CN2CCCC2)cc1. The summed E-state index contributed by atoms with van der Waals surface area (Å²) < 4.78 is 0. The van der Waals surface area contributed by atoms with Gasteiger partial charge in [0, 0.05) is 19.1 Å². The standard InChI is InChI=1S/C20H31N3S/c1-16-6-2-3-7-19(16)22-20(24)21-14-17-8-10-18(11-9-17)15-23-12-4-5-13-23/h8-11,16,19H,2-7,12-15H2,1H3,(H2,21,22,24)/t16-,19+/m1/s1. The number of thiocarbonyl (C=S) groups is 1. The molecule has 0 aromatic heterocycles. The van der Waals surface area contributed by atoms with Crippen LogP contribution in [0.4, 0.5) is 0 Å². The van der Waals surface area contributed by atoms with Gasteiger partial charge in [-0.05, 0) is 68.0 Å². The molecule has 0 spiro atoms. The molecule has 1 aliphatic carbocycles. The highest BCUT2D eigenvalue weighted by atomic mass is 32.1. The summed E-state index contributed by atoms with van der Waals surface area (Å²) in [5.41, 5.74) is 2.71. The van der Waals surface area contributed by atoms with Crippen molar-refractivity contribution < 1.29 is 0 Å². The van der Waals surface area contributed by atoms with Gasteiger partial charge >= 0.3 is 0 Å². The summed E-state index contributed by atoms with van der Waals surface area (Å²) in [6.07, 6.45) is 7.96. The second kappa shape index (κ2) is 8.82. The predicted molar refractivity (Wildman–Crippen MR) is 105 cm³/mol. The fourth-order valence-electron chi connectivity index (χ4n) is 3.89. The largest absolute Gasteiger partial charge is 0.360 e. The molecule has 1 heterocycles. The maximum Gasteiger partial charge on any atom is 0.166 e. The van der Waals surface area contributed by atoms with Crippen LogP contribution in [-0.4, -0.2) is 29.1 Å². The highest BCUT2D eigenvalue weighted by molar-refractivity contribution is 7.80. The van der Waals surface area contributed by atoms with Crippen LogP contribution in [0.2, 0.25) is 0 Å². The van der Waals surface area contributed by atoms with Crippen LogP contribution in [0.25, 0.3) is 0 Å². The molecule has 1 aromatic carbocycles. The average Bonchev–Trinajstić information content (AvgIpc) is 3.09. The molecule has 2 fully saturated rings. The second-order valence-corrected chi connectivity index (χ2v) is 7.90. The minimum absolute atomic E-state index is 0.543. The van der Waals surface area contributed by atoms with Crippen molar-refractivity contribution in [3.8, 4) is 0 Å². The van der Waals surface area contributed by atoms with E-state index in [0.29, 0.717) is 6.04 Å². The zero-order valence-electron chi connectivity index (χ0n) is 14.9. The number of likely N-dealkylation sites (tertiary alicyclic amines) is 1. The Morgan fingerprint density at radius 2 is 1.71 bits per heavy atom. The van der Waals surface area contributed by atoms with Gasteiger partial charge in [0.15, 0.2) is 5.11 Å². The van der Waals surface area contributed by atoms with Crippen molar-refractivity contribution in [1.29, 1.82) is 0 Å². The Balaban J connectivity index is 1.41. The molecule has 1 saturated carbocycles. The second-order valence-electron chi connectivity index (χ2n) is 7.50. The van der Waals surface area contributed by atoms with Crippen molar-refractivity contribution in [2.24, 2.45) is 5.92 Å². The number of hydrogen-bond acceptors (Lipinski definition) is 2. The Bertz CT molecular complexity index is 522. The molecular formula is C20H31N3S. The summed E-state index contributed by atoms with van der Waals surface area (Å²) >= 11 is 5.48. The van der Waals surface area contributed by atoms with Gasteiger partial charge in [-0.15, -0.1) is 0 Å². The van der Waals surface area contributed by atoms with Crippen molar-refractivity contribution in [3.05, 3.63) is 35.4 Å². The monoisotopic (exact) mass is 345 g/mol. The summed E-state index contributed by atoms with van der Waals surface area (Å²) in [5.74, 6) is 0.725. The fraction of sp³-hybridized carbons (Fsp3) is 0.650. The summed E-state index contributed by atoms with van der Waals surface area (Å²) in [4.78, 5) is 2.54. The molecule has 2 atom stereocenters. The minimum Gasteiger partial charge on any atom is -0.360 e. The Kier molecular flexibility index (Phi) is 6.50. The zero-order valence-corrected chi connectivity index (χ0v) is 15.7. The molecule has 1 saturated heterocycles. The van der Waals surface area contributed by atoms with Gasteiger partial charge in [0.2, 0.25) is 0 Å². The van der Waals surface area contributed by atoms with E-state index in [1.54, 1.807) is 0 Å². The lowest BCUT2D eigenvalue weighted by Gasteiger charge is -2.30. The molecule has 0 amide bonds. The average molecular weight is 346 g/mol. The Morgan fingerprint density at radius 3 is 2.42 bits per heavy atom. The van der Waals surface area contributed by atoms with Crippen molar-refractivity contribution >= 4 is 17.3 Å². The third kappa shape index (κ3) is 5.18. The lowest BCUT2D eigenvalue weighted by atomic mass is 9.86. The topological polar surface area (TPSA) is 27.3 Å². The molecule has 0 bridgehead atoms. The zero-order chi connectivity index (χ0) is 16.8. The van der Waals surface area contributed by atoms with Crippen LogP contribution in [0.15, 0.2) is 24.3 Å². The van der Waals surface area contributed by atoms with Crippen LogP contribution in [-0.2, 0) is 13.1 Å². The van der Waals surface area contributed by atoms with E-state index in [4.69, 9.17) is 12.2 Å². The van der Waals surface area contributed by atoms with E-state index in [2.05, 4.69) is 46.7 Å². The summed E-state index contributed by atoms with van der Waals surface area (Å²) in [6.45, 7) is 6.73. The quantitative estimate of drug-likeness (QED) is 0.793. The van der Waals surface area contributed by atoms with Gasteiger partial charge in [0.25, 0.3) is 0 Å². The number of hydrogen-bond donors (Lipinski definition) is 2. The molecule has 2 N–H and O–H groups in total. The number of nitrogens with one attached hydrogen (secondary N) is 2. The minimum atomic E-state index is 0.543. The molecule has 0 unspecified atom stereocenters. The Morgan fingerprint density at radius 1 is 1.04 bits per heavy atom. The van der Waals surface area contributed by atoms with Gasteiger partial charge in [-0.1, -0.05) is 44.0 Å². The van der Waals surface area contributed by atoms with Crippen LogP contribution >= 0.6 is 12.2 Å². The van der Waals surface area contributed by atoms with Gasteiger partial charge in [-0.2, -0.15) is 0 Å². The highest BCUT2D eigenvalue weighted by Crippen LogP contribution is 2.23. The predicted octanol–water partition coefficient (Wildman–Crippen LogP) is 3.83. The fourth-order valence-corrected chi connectivity index (χ4v) is 4.12. The van der Waals surface area contributed by atoms with E-state index in [0.717, 1.165) is 24.1 Å². The van der Waals surface area contributed by atoms with Crippen LogP contribution in [0.1, 0.15) is 56.6 Å². The van der Waals surface area contributed by atoms with Crippen molar-refractivity contribution in [2.75, 3.05) is 13.1 Å². The molecule has 1 aliphatic heterocycles. The summed E-state index contributed by atoms with van der Waals surface area (Å²) in [5, 5.41) is 7.68. The van der Waals surface area contributed by atoms with Gasteiger partial charge in [0.1, 0.15) is 0 Å². The van der Waals surface area contributed by atoms with Crippen molar-refractivity contribution in [2.45, 2.75) is 64.6 Å². The highest BCUT2D eigenvalue weighted by Gasteiger charge is 2.21. The van der Waals surface area contributed by atoms with Crippen LogP contribution < -0.4 is 10.6 Å². The van der Waals surface area contributed by atoms with E-state index >= 15 is 0 Å². The third-order valence-corrected chi connectivity index (χ3v) is 5.77. The van der Waals surface area contributed by atoms with Gasteiger partial charge in [-0.25, -0.2) is 0 Å². The first-order valence-corrected chi connectivity index (χ1v) is 9.96. The molecule has 132 valence electrons. The van der Waals surface area contributed by atoms with E-state index in [1.165, 1.54) is 62.7 Å². The molecule has 24 heavy (non-hydrogen) atoms. The normalized spacial score (nSPS) is 24.7.